The molecule has 0 aliphatic carbocycles. The molecule has 2 aromatic rings. The highest BCUT2D eigenvalue weighted by molar-refractivity contribution is 5.56. The summed E-state index contributed by atoms with van der Waals surface area (Å²) in [5.74, 6) is 0.922. The number of allylic oxidation sites excluding steroid dienone is 1. The van der Waals surface area contributed by atoms with Crippen LogP contribution < -0.4 is 10.1 Å². The molecule has 3 nitrogen and oxygen atoms in total. The normalized spacial score (nSPS) is 10.8. The van der Waals surface area contributed by atoms with Gasteiger partial charge >= 0.3 is 0 Å². The summed E-state index contributed by atoms with van der Waals surface area (Å²) in [6.45, 7) is 4.20. The molecule has 0 fully saturated rings. The Balaban J connectivity index is 1.74. The molecule has 3 heteroatoms. The highest BCUT2D eigenvalue weighted by atomic mass is 16.5. The fraction of sp³-hybridized carbons (Fsp3) is 0.235. The molecule has 0 aliphatic heterocycles. The van der Waals surface area contributed by atoms with Gasteiger partial charge in [0.05, 0.1) is 5.69 Å². The van der Waals surface area contributed by atoms with E-state index in [4.69, 9.17) is 4.74 Å². The summed E-state index contributed by atoms with van der Waals surface area (Å²) in [7, 11) is 0. The summed E-state index contributed by atoms with van der Waals surface area (Å²) in [5.41, 5.74) is 2.15. The Morgan fingerprint density at radius 1 is 1.15 bits per heavy atom. The van der Waals surface area contributed by atoms with E-state index in [0.717, 1.165) is 30.1 Å². The summed E-state index contributed by atoms with van der Waals surface area (Å²) in [6.07, 6.45) is 5.87. The van der Waals surface area contributed by atoms with E-state index >= 15 is 0 Å². The summed E-state index contributed by atoms with van der Waals surface area (Å²) in [6, 6.07) is 14.0. The maximum atomic E-state index is 5.79. The van der Waals surface area contributed by atoms with E-state index in [9.17, 15) is 0 Å². The summed E-state index contributed by atoms with van der Waals surface area (Å²) in [5, 5.41) is 3.32. The van der Waals surface area contributed by atoms with E-state index in [2.05, 4.69) is 22.4 Å². The van der Waals surface area contributed by atoms with Crippen LogP contribution in [0.4, 0.5) is 0 Å². The van der Waals surface area contributed by atoms with Gasteiger partial charge < -0.3 is 10.1 Å². The number of rotatable bonds is 7. The number of nitrogens with zero attached hydrogens (tertiary/aromatic N) is 1. The molecule has 0 radical (unpaired) electrons. The average Bonchev–Trinajstić information content (AvgIpc) is 2.50. The summed E-state index contributed by atoms with van der Waals surface area (Å²) >= 11 is 0. The molecule has 2 rings (SSSR count). The van der Waals surface area contributed by atoms with Crippen molar-refractivity contribution >= 4 is 6.08 Å². The van der Waals surface area contributed by atoms with Crippen molar-refractivity contribution in [3.8, 4) is 5.75 Å². The molecule has 0 atom stereocenters. The predicted molar refractivity (Wildman–Crippen MR) is 82.6 cm³/mol. The lowest BCUT2D eigenvalue weighted by molar-refractivity contribution is 0.313. The lowest BCUT2D eigenvalue weighted by atomic mass is 10.2. The van der Waals surface area contributed by atoms with Crippen LogP contribution in [0.2, 0.25) is 0 Å². The van der Waals surface area contributed by atoms with E-state index in [1.165, 1.54) is 0 Å². The van der Waals surface area contributed by atoms with Gasteiger partial charge in [0.15, 0.2) is 0 Å². The largest absolute Gasteiger partial charge is 0.492 e. The van der Waals surface area contributed by atoms with E-state index in [0.29, 0.717) is 6.61 Å². The maximum Gasteiger partial charge on any atom is 0.126 e. The van der Waals surface area contributed by atoms with Gasteiger partial charge in [0.1, 0.15) is 12.4 Å². The third kappa shape index (κ3) is 4.52. The van der Waals surface area contributed by atoms with Crippen molar-refractivity contribution in [2.24, 2.45) is 0 Å². The van der Waals surface area contributed by atoms with Crippen molar-refractivity contribution in [3.05, 3.63) is 66.0 Å². The van der Waals surface area contributed by atoms with Crippen LogP contribution in [0.1, 0.15) is 18.2 Å². The fourth-order valence-corrected chi connectivity index (χ4v) is 1.88. The van der Waals surface area contributed by atoms with Gasteiger partial charge in [0.25, 0.3) is 0 Å². The minimum atomic E-state index is 0.640. The first-order chi connectivity index (χ1) is 9.90. The Bertz CT molecular complexity index is 538. The number of benzene rings is 1. The van der Waals surface area contributed by atoms with Gasteiger partial charge in [-0.1, -0.05) is 36.4 Å². The zero-order chi connectivity index (χ0) is 14.0. The minimum Gasteiger partial charge on any atom is -0.492 e. The summed E-state index contributed by atoms with van der Waals surface area (Å²) < 4.78 is 5.79. The van der Waals surface area contributed by atoms with Crippen molar-refractivity contribution in [1.29, 1.82) is 0 Å². The lowest BCUT2D eigenvalue weighted by Gasteiger charge is -2.09. The number of hydrogen-bond acceptors (Lipinski definition) is 3. The Kier molecular flexibility index (Phi) is 5.80. The van der Waals surface area contributed by atoms with E-state index in [-0.39, 0.29) is 0 Å². The van der Waals surface area contributed by atoms with Crippen LogP contribution in [0.15, 0.2) is 54.7 Å². The summed E-state index contributed by atoms with van der Waals surface area (Å²) in [4.78, 5) is 4.26. The number of para-hydroxylation sites is 1. The number of nitrogens with one attached hydrogen (secondary N) is 1. The second-order valence-electron chi connectivity index (χ2n) is 4.38. The van der Waals surface area contributed by atoms with Crippen LogP contribution >= 0.6 is 0 Å². The molecule has 0 saturated carbocycles. The molecule has 1 aromatic carbocycles. The molecule has 1 heterocycles. The molecule has 20 heavy (non-hydrogen) atoms. The predicted octanol–water partition coefficient (Wildman–Crippen LogP) is 3.28. The van der Waals surface area contributed by atoms with Crippen LogP contribution in [0, 0.1) is 0 Å². The first-order valence-corrected chi connectivity index (χ1v) is 6.85. The molecule has 1 aromatic heterocycles. The van der Waals surface area contributed by atoms with Crippen molar-refractivity contribution in [3.63, 3.8) is 0 Å². The van der Waals surface area contributed by atoms with Crippen molar-refractivity contribution in [1.82, 2.24) is 10.3 Å². The van der Waals surface area contributed by atoms with Gasteiger partial charge in [-0.05, 0) is 25.1 Å². The highest BCUT2D eigenvalue weighted by Crippen LogP contribution is 2.19. The molecule has 0 bridgehead atoms. The van der Waals surface area contributed by atoms with Gasteiger partial charge in [-0.2, -0.15) is 0 Å². The Hall–Kier alpha value is -2.13. The minimum absolute atomic E-state index is 0.640. The number of aromatic nitrogens is 1. The van der Waals surface area contributed by atoms with E-state index in [1.54, 1.807) is 6.20 Å². The molecular formula is C17H20N2O. The third-order valence-corrected chi connectivity index (χ3v) is 2.83. The molecule has 104 valence electrons. The Morgan fingerprint density at radius 2 is 2.00 bits per heavy atom. The maximum absolute atomic E-state index is 5.79. The van der Waals surface area contributed by atoms with Crippen LogP contribution in [0.25, 0.3) is 6.08 Å². The molecular weight excluding hydrogens is 248 g/mol. The average molecular weight is 268 g/mol. The van der Waals surface area contributed by atoms with Crippen molar-refractivity contribution < 1.29 is 4.74 Å². The smallest absolute Gasteiger partial charge is 0.126 e. The van der Waals surface area contributed by atoms with Crippen LogP contribution in [0.5, 0.6) is 5.75 Å². The number of pyridine rings is 1. The zero-order valence-electron chi connectivity index (χ0n) is 11.8. The quantitative estimate of drug-likeness (QED) is 0.782. The van der Waals surface area contributed by atoms with Crippen molar-refractivity contribution in [2.75, 3.05) is 13.2 Å². The van der Waals surface area contributed by atoms with Crippen molar-refractivity contribution in [2.45, 2.75) is 13.5 Å². The van der Waals surface area contributed by atoms with Crippen LogP contribution in [0.3, 0.4) is 0 Å². The van der Waals surface area contributed by atoms with Gasteiger partial charge in [-0.3, -0.25) is 4.98 Å². The van der Waals surface area contributed by atoms with Gasteiger partial charge in [-0.15, -0.1) is 0 Å². The molecule has 0 aliphatic rings. The lowest BCUT2D eigenvalue weighted by Crippen LogP contribution is -2.21. The Morgan fingerprint density at radius 3 is 2.80 bits per heavy atom. The Labute approximate surface area is 120 Å². The van der Waals surface area contributed by atoms with Crippen LogP contribution in [-0.4, -0.2) is 18.1 Å². The second-order valence-corrected chi connectivity index (χ2v) is 4.38. The SMILES string of the molecule is CC=Cc1ccccc1OCCNCc1ccccn1. The first-order valence-electron chi connectivity index (χ1n) is 6.85. The van der Waals surface area contributed by atoms with E-state index in [1.807, 2.05) is 49.4 Å². The standard InChI is InChI=1S/C17H20N2O/c1-2-7-15-8-3-4-10-17(15)20-13-12-18-14-16-9-5-6-11-19-16/h2-11,18H,12-14H2,1H3. The molecule has 0 saturated heterocycles. The highest BCUT2D eigenvalue weighted by Gasteiger charge is 1.99. The monoisotopic (exact) mass is 268 g/mol. The molecule has 0 spiro atoms. The molecule has 0 amide bonds. The van der Waals surface area contributed by atoms with Gasteiger partial charge in [0, 0.05) is 24.8 Å². The molecule has 1 N–H and O–H groups in total. The van der Waals surface area contributed by atoms with Gasteiger partial charge in [-0.25, -0.2) is 0 Å². The second kappa shape index (κ2) is 8.12. The fourth-order valence-electron chi connectivity index (χ4n) is 1.88. The third-order valence-electron chi connectivity index (χ3n) is 2.83. The van der Waals surface area contributed by atoms with E-state index < -0.39 is 0 Å². The number of hydrogen-bond donors (Lipinski definition) is 1. The first kappa shape index (κ1) is 14.3. The number of ether oxygens (including phenoxy) is 1. The topological polar surface area (TPSA) is 34.1 Å². The van der Waals surface area contributed by atoms with Crippen LogP contribution in [-0.2, 0) is 6.54 Å². The zero-order valence-corrected chi connectivity index (χ0v) is 11.8. The van der Waals surface area contributed by atoms with Gasteiger partial charge in [0.2, 0.25) is 0 Å². The molecule has 0 unspecified atom stereocenters.